The van der Waals surface area contributed by atoms with E-state index in [-0.39, 0.29) is 18.6 Å². The van der Waals surface area contributed by atoms with Crippen molar-refractivity contribution < 1.29 is 29.0 Å². The summed E-state index contributed by atoms with van der Waals surface area (Å²) in [6.45, 7) is 1.72. The van der Waals surface area contributed by atoms with Crippen molar-refractivity contribution >= 4 is 40.4 Å². The van der Waals surface area contributed by atoms with Gasteiger partial charge in [-0.2, -0.15) is 0 Å². The summed E-state index contributed by atoms with van der Waals surface area (Å²) in [7, 11) is 0. The molecule has 1 aromatic heterocycles. The Morgan fingerprint density at radius 2 is 1.58 bits per heavy atom. The summed E-state index contributed by atoms with van der Waals surface area (Å²) in [6, 6.07) is 20.4. The lowest BCUT2D eigenvalue weighted by molar-refractivity contribution is -0.144. The van der Waals surface area contributed by atoms with Gasteiger partial charge < -0.3 is 19.9 Å². The molecule has 7 nitrogen and oxygen atoms in total. The Labute approximate surface area is 212 Å². The van der Waals surface area contributed by atoms with Crippen LogP contribution in [0.5, 0.6) is 0 Å². The van der Waals surface area contributed by atoms with Crippen molar-refractivity contribution in [2.45, 2.75) is 25.8 Å². The zero-order valence-corrected chi connectivity index (χ0v) is 20.2. The normalized spacial score (nSPS) is 12.7. The van der Waals surface area contributed by atoms with Crippen molar-refractivity contribution in [2.75, 3.05) is 0 Å². The Hall–Kier alpha value is -4.10. The largest absolute Gasteiger partial charge is 0.481 e. The number of aryl methyl sites for hydroxylation is 1. The van der Waals surface area contributed by atoms with Crippen LogP contribution in [0.1, 0.15) is 28.1 Å². The van der Waals surface area contributed by atoms with E-state index >= 15 is 0 Å². The maximum absolute atomic E-state index is 13.0. The minimum Gasteiger partial charge on any atom is -0.481 e. The van der Waals surface area contributed by atoms with Crippen LogP contribution in [0.25, 0.3) is 22.1 Å². The third-order valence-electron chi connectivity index (χ3n) is 6.12. The molecule has 0 spiro atoms. The van der Waals surface area contributed by atoms with Gasteiger partial charge in [-0.15, -0.1) is 0 Å². The molecule has 184 valence electrons. The quantitative estimate of drug-likeness (QED) is 0.273. The summed E-state index contributed by atoms with van der Waals surface area (Å²) in [5, 5.41) is 23.2. The summed E-state index contributed by atoms with van der Waals surface area (Å²) >= 11 is 5.97. The molecule has 0 bridgehead atoms. The van der Waals surface area contributed by atoms with Gasteiger partial charge in [0.2, 0.25) is 0 Å². The number of halogens is 1. The predicted molar refractivity (Wildman–Crippen MR) is 136 cm³/mol. The van der Waals surface area contributed by atoms with Gasteiger partial charge in [-0.3, -0.25) is 9.59 Å². The number of carboxylic acids is 2. The van der Waals surface area contributed by atoms with Gasteiger partial charge in [0.1, 0.15) is 11.6 Å². The molecule has 3 N–H and O–H groups in total. The number of rotatable bonds is 9. The molecule has 0 aliphatic carbocycles. The van der Waals surface area contributed by atoms with Gasteiger partial charge in [-0.05, 0) is 54.7 Å². The number of aliphatic carboxylic acids is 2. The molecule has 0 fully saturated rings. The van der Waals surface area contributed by atoms with Gasteiger partial charge in [-0.1, -0.05) is 66.2 Å². The zero-order valence-electron chi connectivity index (χ0n) is 19.4. The Bertz CT molecular complexity index is 1410. The second kappa shape index (κ2) is 10.7. The van der Waals surface area contributed by atoms with Crippen LogP contribution in [0.15, 0.2) is 77.2 Å². The van der Waals surface area contributed by atoms with Crippen LogP contribution in [-0.2, 0) is 16.0 Å². The maximum Gasteiger partial charge on any atom is 0.326 e. The van der Waals surface area contributed by atoms with Crippen LogP contribution >= 0.6 is 11.6 Å². The van der Waals surface area contributed by atoms with E-state index in [2.05, 4.69) is 5.32 Å². The minimum atomic E-state index is -1.40. The van der Waals surface area contributed by atoms with Crippen LogP contribution in [0.4, 0.5) is 0 Å². The van der Waals surface area contributed by atoms with Gasteiger partial charge in [0.25, 0.3) is 5.91 Å². The van der Waals surface area contributed by atoms with E-state index in [0.717, 1.165) is 22.1 Å². The van der Waals surface area contributed by atoms with Gasteiger partial charge in [0.05, 0.1) is 5.92 Å². The molecule has 0 aliphatic heterocycles. The summed E-state index contributed by atoms with van der Waals surface area (Å²) in [6.07, 6.45) is -0.127. The van der Waals surface area contributed by atoms with E-state index in [1.807, 2.05) is 30.3 Å². The van der Waals surface area contributed by atoms with Gasteiger partial charge in [0, 0.05) is 16.0 Å². The van der Waals surface area contributed by atoms with Crippen molar-refractivity contribution in [2.24, 2.45) is 5.92 Å². The molecule has 8 heteroatoms. The molecule has 1 amide bonds. The molecule has 0 saturated heterocycles. The Kier molecular flexibility index (Phi) is 7.41. The SMILES string of the molecule is Cc1c(C(=O)N[C@@H](CC(Cc2ccccc2)C(=O)O)C(=O)O)oc2cc(-c3ccc(Cl)cc3)ccc12. The third kappa shape index (κ3) is 5.58. The number of carbonyl (C=O) groups is 3. The van der Waals surface area contributed by atoms with Crippen LogP contribution in [-0.4, -0.2) is 34.1 Å². The number of amides is 1. The summed E-state index contributed by atoms with van der Waals surface area (Å²) in [5.74, 6) is -4.17. The fraction of sp³-hybridized carbons (Fsp3) is 0.179. The molecule has 3 aromatic carbocycles. The first-order chi connectivity index (χ1) is 17.2. The van der Waals surface area contributed by atoms with Crippen LogP contribution in [0.3, 0.4) is 0 Å². The number of hydrogen-bond donors (Lipinski definition) is 3. The Morgan fingerprint density at radius 1 is 0.917 bits per heavy atom. The number of nitrogens with one attached hydrogen (secondary N) is 1. The highest BCUT2D eigenvalue weighted by Crippen LogP contribution is 2.30. The lowest BCUT2D eigenvalue weighted by Crippen LogP contribution is -2.43. The van der Waals surface area contributed by atoms with Crippen LogP contribution in [0, 0.1) is 12.8 Å². The smallest absolute Gasteiger partial charge is 0.326 e. The second-order valence-corrected chi connectivity index (χ2v) is 9.04. The number of furan rings is 1. The summed E-state index contributed by atoms with van der Waals surface area (Å²) < 4.78 is 5.83. The Morgan fingerprint density at radius 3 is 2.22 bits per heavy atom. The molecular weight excluding hydrogens is 482 g/mol. The van der Waals surface area contributed by atoms with Gasteiger partial charge in [-0.25, -0.2) is 4.79 Å². The molecule has 4 rings (SSSR count). The molecule has 0 radical (unpaired) electrons. The number of carboxylic acid groups (broad SMARTS) is 2. The molecular formula is C28H24ClNO6. The average Bonchev–Trinajstić information content (AvgIpc) is 3.19. The van der Waals surface area contributed by atoms with Crippen molar-refractivity contribution in [3.8, 4) is 11.1 Å². The first-order valence-electron chi connectivity index (χ1n) is 11.3. The second-order valence-electron chi connectivity index (χ2n) is 8.60. The lowest BCUT2D eigenvalue weighted by atomic mass is 9.92. The molecule has 4 aromatic rings. The highest BCUT2D eigenvalue weighted by atomic mass is 35.5. The monoisotopic (exact) mass is 505 g/mol. The van der Waals surface area contributed by atoms with E-state index in [1.54, 1.807) is 49.4 Å². The van der Waals surface area contributed by atoms with Crippen molar-refractivity contribution in [3.63, 3.8) is 0 Å². The molecule has 0 saturated carbocycles. The van der Waals surface area contributed by atoms with Crippen molar-refractivity contribution in [1.29, 1.82) is 0 Å². The fourth-order valence-corrected chi connectivity index (χ4v) is 4.29. The number of carbonyl (C=O) groups excluding carboxylic acids is 1. The predicted octanol–water partition coefficient (Wildman–Crippen LogP) is 5.58. The number of benzene rings is 3. The third-order valence-corrected chi connectivity index (χ3v) is 6.37. The van der Waals surface area contributed by atoms with E-state index in [0.29, 0.717) is 16.2 Å². The minimum absolute atomic E-state index is 0.0144. The molecule has 1 unspecified atom stereocenters. The van der Waals surface area contributed by atoms with Crippen molar-refractivity contribution in [1.82, 2.24) is 5.32 Å². The maximum atomic E-state index is 13.0. The Balaban J connectivity index is 1.55. The van der Waals surface area contributed by atoms with E-state index in [9.17, 15) is 24.6 Å². The average molecular weight is 506 g/mol. The zero-order chi connectivity index (χ0) is 25.8. The first kappa shape index (κ1) is 25.0. The van der Waals surface area contributed by atoms with Gasteiger partial charge in [0.15, 0.2) is 5.76 Å². The first-order valence-corrected chi connectivity index (χ1v) is 11.7. The van der Waals surface area contributed by atoms with E-state index < -0.39 is 29.8 Å². The van der Waals surface area contributed by atoms with Crippen LogP contribution in [0.2, 0.25) is 5.02 Å². The molecule has 1 heterocycles. The standard InChI is InChI=1S/C28H24ClNO6/c1-16-22-12-9-19(18-7-10-21(29)11-8-18)15-24(22)36-25(16)26(31)30-23(28(34)35)14-20(27(32)33)13-17-5-3-2-4-6-17/h2-12,15,20,23H,13-14H2,1H3,(H,30,31)(H,32,33)(H,34,35)/t20?,23-/m0/s1. The van der Waals surface area contributed by atoms with Gasteiger partial charge >= 0.3 is 11.9 Å². The highest BCUT2D eigenvalue weighted by molar-refractivity contribution is 6.30. The topological polar surface area (TPSA) is 117 Å². The number of hydrogen-bond acceptors (Lipinski definition) is 4. The van der Waals surface area contributed by atoms with E-state index in [4.69, 9.17) is 16.0 Å². The van der Waals surface area contributed by atoms with E-state index in [1.165, 1.54) is 0 Å². The molecule has 2 atom stereocenters. The fourth-order valence-electron chi connectivity index (χ4n) is 4.16. The summed E-state index contributed by atoms with van der Waals surface area (Å²) in [4.78, 5) is 36.8. The summed E-state index contributed by atoms with van der Waals surface area (Å²) in [5.41, 5.74) is 3.60. The van der Waals surface area contributed by atoms with Crippen LogP contribution < -0.4 is 5.32 Å². The number of fused-ring (bicyclic) bond motifs is 1. The lowest BCUT2D eigenvalue weighted by Gasteiger charge is -2.19. The van der Waals surface area contributed by atoms with Crippen molar-refractivity contribution in [3.05, 3.63) is 94.7 Å². The molecule has 0 aliphatic rings. The highest BCUT2D eigenvalue weighted by Gasteiger charge is 2.30. The molecule has 36 heavy (non-hydrogen) atoms.